The quantitative estimate of drug-likeness (QED) is 0.140. The molecular formula is C35H37N7O8. The van der Waals surface area contributed by atoms with Crippen LogP contribution in [0.15, 0.2) is 60.0 Å². The standard InChI is InChI=1S/C35H37N7O8/c1-19-12-24(49-17-23(15-37-20(2)40-34(47)36-5)22-7-11-29(38-14-22)50-18-35(3,4)48)16-39-30(19)21-6-8-25-26(13-21)33(46)42(32(25)45)27-9-10-28(43)41-31(27)44/h6-8,11-16,27,48H,9-10,17-18H2,1-5H3,(H,41,43,44)(H2,36,37,40,47)/b23-15+. The van der Waals surface area contributed by atoms with E-state index in [-0.39, 0.29) is 37.2 Å². The van der Waals surface area contributed by atoms with Gasteiger partial charge >= 0.3 is 6.03 Å². The number of carbonyl (C=O) groups is 5. The molecule has 15 heteroatoms. The number of benzene rings is 1. The monoisotopic (exact) mass is 683 g/mol. The molecule has 0 spiro atoms. The summed E-state index contributed by atoms with van der Waals surface area (Å²) in [7, 11) is 1.49. The molecule has 1 saturated heterocycles. The first-order valence-corrected chi connectivity index (χ1v) is 15.7. The zero-order valence-corrected chi connectivity index (χ0v) is 28.2. The summed E-state index contributed by atoms with van der Waals surface area (Å²) in [6, 6.07) is 8.54. The van der Waals surface area contributed by atoms with Crippen molar-refractivity contribution < 1.29 is 38.6 Å². The zero-order chi connectivity index (χ0) is 36.2. The van der Waals surface area contributed by atoms with Gasteiger partial charge in [-0.05, 0) is 63.9 Å². The number of aryl methyl sites for hydroxylation is 1. The van der Waals surface area contributed by atoms with Gasteiger partial charge in [-0.15, -0.1) is 0 Å². The van der Waals surface area contributed by atoms with E-state index in [9.17, 15) is 29.1 Å². The number of fused-ring (bicyclic) bond motifs is 1. The molecule has 260 valence electrons. The lowest BCUT2D eigenvalue weighted by Crippen LogP contribution is -2.54. The number of ether oxygens (including phenoxy) is 2. The van der Waals surface area contributed by atoms with Gasteiger partial charge in [-0.3, -0.25) is 39.7 Å². The third kappa shape index (κ3) is 8.18. The Labute approximate surface area is 287 Å². The fourth-order valence-corrected chi connectivity index (χ4v) is 5.24. The van der Waals surface area contributed by atoms with Crippen LogP contribution in [0.25, 0.3) is 16.8 Å². The average Bonchev–Trinajstić information content (AvgIpc) is 3.32. The van der Waals surface area contributed by atoms with Gasteiger partial charge in [0.25, 0.3) is 11.8 Å². The number of carbonyl (C=O) groups excluding carboxylic acids is 5. The number of amides is 6. The summed E-state index contributed by atoms with van der Waals surface area (Å²) < 4.78 is 11.7. The van der Waals surface area contributed by atoms with Gasteiger partial charge < -0.3 is 19.9 Å². The van der Waals surface area contributed by atoms with Crippen molar-refractivity contribution in [2.24, 2.45) is 4.99 Å². The molecular weight excluding hydrogens is 646 g/mol. The number of aliphatic imine (C=N–C) groups is 1. The van der Waals surface area contributed by atoms with Crippen molar-refractivity contribution in [3.8, 4) is 22.9 Å². The molecule has 0 bridgehead atoms. The maximum Gasteiger partial charge on any atom is 0.319 e. The summed E-state index contributed by atoms with van der Waals surface area (Å²) in [5.41, 5.74) is 2.46. The predicted octanol–water partition coefficient (Wildman–Crippen LogP) is 2.77. The number of pyridine rings is 2. The minimum absolute atomic E-state index is 0.0355. The van der Waals surface area contributed by atoms with Crippen molar-refractivity contribution in [2.45, 2.75) is 52.2 Å². The normalized spacial score (nSPS) is 16.6. The van der Waals surface area contributed by atoms with Crippen LogP contribution in [-0.4, -0.2) is 87.4 Å². The summed E-state index contributed by atoms with van der Waals surface area (Å²) in [6.45, 7) is 6.83. The molecule has 2 aliphatic heterocycles. The van der Waals surface area contributed by atoms with E-state index in [1.807, 2.05) is 6.92 Å². The van der Waals surface area contributed by atoms with E-state index in [2.05, 4.69) is 30.9 Å². The Morgan fingerprint density at radius 1 is 1.08 bits per heavy atom. The van der Waals surface area contributed by atoms with E-state index in [0.717, 1.165) is 10.5 Å². The number of rotatable bonds is 10. The van der Waals surface area contributed by atoms with Crippen LogP contribution >= 0.6 is 0 Å². The summed E-state index contributed by atoms with van der Waals surface area (Å²) in [5, 5.41) is 17.2. The van der Waals surface area contributed by atoms with Crippen LogP contribution in [0.2, 0.25) is 0 Å². The number of hydrogen-bond donors (Lipinski definition) is 4. The second kappa shape index (κ2) is 14.7. The number of imide groups is 2. The van der Waals surface area contributed by atoms with E-state index in [0.29, 0.717) is 39.9 Å². The first kappa shape index (κ1) is 35.3. The third-order valence-corrected chi connectivity index (χ3v) is 7.78. The summed E-state index contributed by atoms with van der Waals surface area (Å²) in [4.78, 5) is 76.3. The van der Waals surface area contributed by atoms with Gasteiger partial charge in [-0.25, -0.2) is 14.8 Å². The molecule has 6 amide bonds. The van der Waals surface area contributed by atoms with E-state index >= 15 is 0 Å². The van der Waals surface area contributed by atoms with Crippen molar-refractivity contribution in [3.63, 3.8) is 0 Å². The van der Waals surface area contributed by atoms with Gasteiger partial charge in [-0.1, -0.05) is 6.07 Å². The molecule has 5 rings (SSSR count). The fraction of sp³-hybridized carbons (Fsp3) is 0.314. The van der Waals surface area contributed by atoms with Gasteiger partial charge in [0, 0.05) is 48.6 Å². The molecule has 50 heavy (non-hydrogen) atoms. The van der Waals surface area contributed by atoms with Crippen LogP contribution in [-0.2, 0) is 9.59 Å². The van der Waals surface area contributed by atoms with Crippen molar-refractivity contribution in [2.75, 3.05) is 20.3 Å². The van der Waals surface area contributed by atoms with E-state index in [1.165, 1.54) is 19.3 Å². The zero-order valence-electron chi connectivity index (χ0n) is 28.2. The minimum atomic E-state index is -1.05. The number of aromatic nitrogens is 2. The van der Waals surface area contributed by atoms with Crippen LogP contribution in [0.4, 0.5) is 4.79 Å². The van der Waals surface area contributed by atoms with Gasteiger partial charge in [0.05, 0.1) is 28.6 Å². The fourth-order valence-electron chi connectivity index (χ4n) is 5.24. The smallest absolute Gasteiger partial charge is 0.319 e. The SMILES string of the molecule is CNC(=O)NC(C)=N/C=C(\COc1cnc(-c2ccc3c(c2)C(=O)N(C2CCC(=O)NC2=O)C3=O)c(C)c1)c1ccc(OCC(C)(C)O)nc1. The number of urea groups is 1. The molecule has 0 saturated carbocycles. The number of nitrogens with zero attached hydrogens (tertiary/aromatic N) is 4. The van der Waals surface area contributed by atoms with E-state index in [4.69, 9.17) is 9.47 Å². The Morgan fingerprint density at radius 2 is 1.84 bits per heavy atom. The number of nitrogens with one attached hydrogen (secondary N) is 3. The molecule has 0 aliphatic carbocycles. The molecule has 4 N–H and O–H groups in total. The van der Waals surface area contributed by atoms with Crippen LogP contribution in [0.3, 0.4) is 0 Å². The van der Waals surface area contributed by atoms with Crippen molar-refractivity contribution in [1.82, 2.24) is 30.8 Å². The largest absolute Gasteiger partial charge is 0.487 e. The second-order valence-electron chi connectivity index (χ2n) is 12.4. The van der Waals surface area contributed by atoms with Gasteiger partial charge in [-0.2, -0.15) is 0 Å². The molecule has 15 nitrogen and oxygen atoms in total. The lowest BCUT2D eigenvalue weighted by atomic mass is 10.0. The topological polar surface area (TPSA) is 202 Å². The molecule has 4 heterocycles. The minimum Gasteiger partial charge on any atom is -0.487 e. The maximum atomic E-state index is 13.3. The summed E-state index contributed by atoms with van der Waals surface area (Å²) in [6.07, 6.45) is 4.77. The number of piperidine rings is 1. The van der Waals surface area contributed by atoms with Crippen molar-refractivity contribution in [1.29, 1.82) is 0 Å². The summed E-state index contributed by atoms with van der Waals surface area (Å²) >= 11 is 0. The molecule has 2 aliphatic rings. The van der Waals surface area contributed by atoms with Crippen LogP contribution < -0.4 is 25.4 Å². The summed E-state index contributed by atoms with van der Waals surface area (Å²) in [5.74, 6) is -1.19. The Balaban J connectivity index is 1.33. The van der Waals surface area contributed by atoms with Gasteiger partial charge in [0.2, 0.25) is 17.7 Å². The highest BCUT2D eigenvalue weighted by Gasteiger charge is 2.44. The second-order valence-corrected chi connectivity index (χ2v) is 12.4. The Morgan fingerprint density at radius 3 is 2.50 bits per heavy atom. The van der Waals surface area contributed by atoms with E-state index < -0.39 is 41.3 Å². The van der Waals surface area contributed by atoms with Gasteiger partial charge in [0.1, 0.15) is 30.8 Å². The average molecular weight is 684 g/mol. The molecule has 0 radical (unpaired) electrons. The lowest BCUT2D eigenvalue weighted by Gasteiger charge is -2.27. The molecule has 3 aromatic rings. The number of aliphatic hydroxyl groups is 1. The molecule has 1 aromatic carbocycles. The lowest BCUT2D eigenvalue weighted by molar-refractivity contribution is -0.136. The first-order chi connectivity index (χ1) is 23.7. The van der Waals surface area contributed by atoms with Gasteiger partial charge in [0.15, 0.2) is 0 Å². The van der Waals surface area contributed by atoms with E-state index in [1.54, 1.807) is 63.5 Å². The molecule has 2 aromatic heterocycles. The van der Waals surface area contributed by atoms with Crippen molar-refractivity contribution in [3.05, 3.63) is 77.2 Å². The van der Waals surface area contributed by atoms with Crippen molar-refractivity contribution >= 4 is 41.1 Å². The Bertz CT molecular complexity index is 1910. The Hall–Kier alpha value is -5.96. The molecule has 1 atom stereocenters. The van der Waals surface area contributed by atoms with Crippen LogP contribution in [0, 0.1) is 6.92 Å². The maximum absolute atomic E-state index is 13.3. The highest BCUT2D eigenvalue weighted by Crippen LogP contribution is 2.32. The molecule has 1 unspecified atom stereocenters. The van der Waals surface area contributed by atoms with Crippen LogP contribution in [0.1, 0.15) is 65.5 Å². The number of hydrogen-bond acceptors (Lipinski definition) is 11. The molecule has 1 fully saturated rings. The predicted molar refractivity (Wildman–Crippen MR) is 181 cm³/mol. The third-order valence-electron chi connectivity index (χ3n) is 7.78. The Kier molecular flexibility index (Phi) is 10.4. The highest BCUT2D eigenvalue weighted by atomic mass is 16.5. The highest BCUT2D eigenvalue weighted by molar-refractivity contribution is 6.23. The van der Waals surface area contributed by atoms with Crippen LogP contribution in [0.5, 0.6) is 11.6 Å². The number of amidine groups is 1. The first-order valence-electron chi connectivity index (χ1n) is 15.7.